The summed E-state index contributed by atoms with van der Waals surface area (Å²) in [7, 11) is 0. The summed E-state index contributed by atoms with van der Waals surface area (Å²) < 4.78 is 5.74. The van der Waals surface area contributed by atoms with E-state index in [9.17, 15) is 4.79 Å². The van der Waals surface area contributed by atoms with E-state index in [-0.39, 0.29) is 17.4 Å². The van der Waals surface area contributed by atoms with Crippen LogP contribution >= 0.6 is 0 Å². The molecule has 0 bridgehead atoms. The van der Waals surface area contributed by atoms with Gasteiger partial charge in [0.15, 0.2) is 0 Å². The van der Waals surface area contributed by atoms with Crippen LogP contribution < -0.4 is 5.32 Å². The van der Waals surface area contributed by atoms with Crippen molar-refractivity contribution in [2.24, 2.45) is 5.41 Å². The number of rotatable bonds is 3. The van der Waals surface area contributed by atoms with Gasteiger partial charge in [-0.2, -0.15) is 0 Å². The fraction of sp³-hybridized carbons (Fsp3) is 0.667. The maximum absolute atomic E-state index is 12.6. The predicted molar refractivity (Wildman–Crippen MR) is 98.6 cm³/mol. The third-order valence-electron chi connectivity index (χ3n) is 6.74. The number of nitrogens with zero attached hydrogens (tertiary/aromatic N) is 1. The van der Waals surface area contributed by atoms with Gasteiger partial charge in [-0.05, 0) is 62.7 Å². The maximum atomic E-state index is 12.6. The first-order chi connectivity index (χ1) is 12.3. The van der Waals surface area contributed by atoms with Gasteiger partial charge in [0.25, 0.3) is 5.91 Å². The number of likely N-dealkylation sites (tertiary alicyclic amines) is 1. The zero-order chi connectivity index (χ0) is 17.1. The molecular formula is C21H30N2O2. The van der Waals surface area contributed by atoms with E-state index >= 15 is 0 Å². The van der Waals surface area contributed by atoms with Crippen molar-refractivity contribution >= 4 is 5.91 Å². The van der Waals surface area contributed by atoms with Gasteiger partial charge >= 0.3 is 0 Å². The predicted octanol–water partition coefficient (Wildman–Crippen LogP) is 3.23. The van der Waals surface area contributed by atoms with Crippen LogP contribution in [0.4, 0.5) is 0 Å². The lowest BCUT2D eigenvalue weighted by Crippen LogP contribution is -2.58. The molecule has 2 aliphatic heterocycles. The van der Waals surface area contributed by atoms with Gasteiger partial charge in [-0.3, -0.25) is 4.79 Å². The van der Waals surface area contributed by atoms with Crippen LogP contribution in [-0.4, -0.2) is 49.2 Å². The molecule has 2 heterocycles. The number of carbonyl (C=O) groups excluding carboxylic acids is 1. The zero-order valence-electron chi connectivity index (χ0n) is 15.1. The highest BCUT2D eigenvalue weighted by atomic mass is 16.5. The summed E-state index contributed by atoms with van der Waals surface area (Å²) in [5.74, 6) is 0.0358. The quantitative estimate of drug-likeness (QED) is 0.917. The molecule has 0 aromatic heterocycles. The lowest BCUT2D eigenvalue weighted by molar-refractivity contribution is -0.0530. The van der Waals surface area contributed by atoms with Gasteiger partial charge in [0, 0.05) is 18.2 Å². The van der Waals surface area contributed by atoms with Crippen LogP contribution in [0, 0.1) is 5.41 Å². The van der Waals surface area contributed by atoms with Gasteiger partial charge in [0.05, 0.1) is 12.6 Å². The van der Waals surface area contributed by atoms with Crippen LogP contribution in [0.1, 0.15) is 55.3 Å². The third kappa shape index (κ3) is 3.61. The lowest BCUT2D eigenvalue weighted by Gasteiger charge is -2.50. The summed E-state index contributed by atoms with van der Waals surface area (Å²) in [5, 5.41) is 3.30. The Morgan fingerprint density at radius 2 is 1.80 bits per heavy atom. The Hall–Kier alpha value is -1.39. The first kappa shape index (κ1) is 17.0. The van der Waals surface area contributed by atoms with Crippen LogP contribution in [-0.2, 0) is 4.74 Å². The Kier molecular flexibility index (Phi) is 5.09. The second-order valence-corrected chi connectivity index (χ2v) is 8.05. The average molecular weight is 342 g/mol. The van der Waals surface area contributed by atoms with Crippen LogP contribution in [0.2, 0.25) is 0 Å². The highest BCUT2D eigenvalue weighted by Gasteiger charge is 2.45. The number of ether oxygens (including phenoxy) is 1. The average Bonchev–Trinajstić information content (AvgIpc) is 3.20. The molecule has 1 amide bonds. The van der Waals surface area contributed by atoms with Crippen molar-refractivity contribution in [1.82, 2.24) is 10.2 Å². The van der Waals surface area contributed by atoms with Gasteiger partial charge in [0.2, 0.25) is 0 Å². The molecule has 4 heteroatoms. The van der Waals surface area contributed by atoms with E-state index in [1.807, 2.05) is 30.3 Å². The van der Waals surface area contributed by atoms with Crippen LogP contribution in [0.15, 0.2) is 30.3 Å². The minimum Gasteiger partial charge on any atom is -0.379 e. The van der Waals surface area contributed by atoms with E-state index in [1.165, 1.54) is 51.6 Å². The molecule has 1 atom stereocenters. The summed E-state index contributed by atoms with van der Waals surface area (Å²) in [6, 6.07) is 10.5. The van der Waals surface area contributed by atoms with Crippen LogP contribution in [0.5, 0.6) is 0 Å². The Morgan fingerprint density at radius 1 is 1.08 bits per heavy atom. The SMILES string of the molecule is O=C(N[C@@H]1COCCC12CCN(C1CCCC1)CC2)c1ccccc1. The first-order valence-electron chi connectivity index (χ1n) is 9.95. The highest BCUT2D eigenvalue weighted by molar-refractivity contribution is 5.94. The summed E-state index contributed by atoms with van der Waals surface area (Å²) >= 11 is 0. The molecule has 1 spiro atoms. The molecule has 3 aliphatic rings. The third-order valence-corrected chi connectivity index (χ3v) is 6.74. The van der Waals surface area contributed by atoms with E-state index in [4.69, 9.17) is 4.74 Å². The van der Waals surface area contributed by atoms with Crippen molar-refractivity contribution in [3.8, 4) is 0 Å². The molecule has 0 radical (unpaired) electrons. The lowest BCUT2D eigenvalue weighted by atomic mass is 9.69. The number of piperidine rings is 1. The molecule has 1 aliphatic carbocycles. The monoisotopic (exact) mass is 342 g/mol. The van der Waals surface area contributed by atoms with Crippen molar-refractivity contribution in [2.75, 3.05) is 26.3 Å². The normalized spacial score (nSPS) is 27.4. The smallest absolute Gasteiger partial charge is 0.251 e. The molecule has 2 saturated heterocycles. The summed E-state index contributed by atoms with van der Waals surface area (Å²) in [4.78, 5) is 15.3. The zero-order valence-corrected chi connectivity index (χ0v) is 15.1. The maximum Gasteiger partial charge on any atom is 0.251 e. The molecule has 1 aromatic rings. The molecule has 3 fully saturated rings. The number of carbonyl (C=O) groups is 1. The van der Waals surface area contributed by atoms with Gasteiger partial charge in [-0.25, -0.2) is 0 Å². The number of benzene rings is 1. The van der Waals surface area contributed by atoms with Gasteiger partial charge in [0.1, 0.15) is 0 Å². The van der Waals surface area contributed by atoms with Crippen molar-refractivity contribution in [2.45, 2.75) is 57.0 Å². The number of hydrogen-bond donors (Lipinski definition) is 1. The Bertz CT molecular complexity index is 575. The number of hydrogen-bond acceptors (Lipinski definition) is 3. The Morgan fingerprint density at radius 3 is 2.52 bits per heavy atom. The first-order valence-corrected chi connectivity index (χ1v) is 9.95. The van der Waals surface area contributed by atoms with E-state index in [0.29, 0.717) is 6.61 Å². The number of nitrogens with one attached hydrogen (secondary N) is 1. The summed E-state index contributed by atoms with van der Waals surface area (Å²) in [6.45, 7) is 3.86. The van der Waals surface area contributed by atoms with Gasteiger partial charge < -0.3 is 15.0 Å². The molecular weight excluding hydrogens is 312 g/mol. The fourth-order valence-corrected chi connectivity index (χ4v) is 5.06. The second-order valence-electron chi connectivity index (χ2n) is 8.05. The van der Waals surface area contributed by atoms with Crippen molar-refractivity contribution < 1.29 is 9.53 Å². The van der Waals surface area contributed by atoms with E-state index < -0.39 is 0 Å². The Labute approximate surface area is 150 Å². The standard InChI is InChI=1S/C21H30N2O2/c24-20(17-6-2-1-3-7-17)22-19-16-25-15-12-21(19)10-13-23(14-11-21)18-8-4-5-9-18/h1-3,6-7,18-19H,4-5,8-16H2,(H,22,24)/t19-/m1/s1. The molecule has 1 aromatic carbocycles. The van der Waals surface area contributed by atoms with E-state index in [1.54, 1.807) is 0 Å². The molecule has 1 saturated carbocycles. The molecule has 4 nitrogen and oxygen atoms in total. The minimum atomic E-state index is 0.0358. The molecule has 136 valence electrons. The summed E-state index contributed by atoms with van der Waals surface area (Å²) in [5.41, 5.74) is 0.962. The van der Waals surface area contributed by atoms with Gasteiger partial charge in [-0.1, -0.05) is 31.0 Å². The van der Waals surface area contributed by atoms with Crippen LogP contribution in [0.3, 0.4) is 0 Å². The van der Waals surface area contributed by atoms with Crippen LogP contribution in [0.25, 0.3) is 0 Å². The minimum absolute atomic E-state index is 0.0358. The molecule has 25 heavy (non-hydrogen) atoms. The number of amides is 1. The highest BCUT2D eigenvalue weighted by Crippen LogP contribution is 2.42. The largest absolute Gasteiger partial charge is 0.379 e. The molecule has 4 rings (SSSR count). The molecule has 1 N–H and O–H groups in total. The van der Waals surface area contributed by atoms with Crippen molar-refractivity contribution in [3.63, 3.8) is 0 Å². The second kappa shape index (κ2) is 7.46. The Balaban J connectivity index is 1.41. The fourth-order valence-electron chi connectivity index (χ4n) is 5.06. The van der Waals surface area contributed by atoms with E-state index in [2.05, 4.69) is 10.2 Å². The summed E-state index contributed by atoms with van der Waals surface area (Å²) in [6.07, 6.45) is 9.00. The van der Waals surface area contributed by atoms with E-state index in [0.717, 1.165) is 24.6 Å². The van der Waals surface area contributed by atoms with Crippen molar-refractivity contribution in [1.29, 1.82) is 0 Å². The topological polar surface area (TPSA) is 41.6 Å². The molecule has 0 unspecified atom stereocenters. The van der Waals surface area contributed by atoms with Gasteiger partial charge in [-0.15, -0.1) is 0 Å². The van der Waals surface area contributed by atoms with Crippen molar-refractivity contribution in [3.05, 3.63) is 35.9 Å².